The van der Waals surface area contributed by atoms with Gasteiger partial charge in [0.15, 0.2) is 6.10 Å². The lowest BCUT2D eigenvalue weighted by molar-refractivity contribution is -0.870. The Kier molecular flexibility index (Phi) is 57.2. The number of hydrogen-bond donors (Lipinski definition) is 0. The molecule has 0 aliphatic heterocycles. The van der Waals surface area contributed by atoms with Crippen molar-refractivity contribution in [3.8, 4) is 0 Å². The Hall–Kier alpha value is -2.55. The minimum atomic E-state index is -4.64. The lowest BCUT2D eigenvalue weighted by Gasteiger charge is -2.28. The lowest BCUT2D eigenvalue weighted by Crippen LogP contribution is -2.37. The number of carbonyl (C=O) groups is 2. The van der Waals surface area contributed by atoms with Gasteiger partial charge in [-0.25, -0.2) is 0 Å². The maximum Gasteiger partial charge on any atom is 0.306 e. The van der Waals surface area contributed by atoms with Gasteiger partial charge in [-0.1, -0.05) is 267 Å². The Morgan fingerprint density at radius 1 is 0.397 bits per heavy atom. The number of carbonyl (C=O) groups excluding carboxylic acids is 2. The van der Waals surface area contributed by atoms with Crippen LogP contribution >= 0.6 is 7.82 Å². The van der Waals surface area contributed by atoms with Crippen molar-refractivity contribution >= 4 is 19.8 Å². The van der Waals surface area contributed by atoms with Crippen LogP contribution in [0.5, 0.6) is 0 Å². The number of quaternary nitrogens is 1. The van der Waals surface area contributed by atoms with Crippen molar-refractivity contribution in [1.82, 2.24) is 0 Å². The molecule has 454 valence electrons. The van der Waals surface area contributed by atoms with Crippen molar-refractivity contribution in [2.75, 3.05) is 47.5 Å². The Balaban J connectivity index is 4.09. The molecule has 0 N–H and O–H groups in total. The van der Waals surface area contributed by atoms with E-state index in [9.17, 15) is 19.0 Å². The molecule has 0 fully saturated rings. The van der Waals surface area contributed by atoms with Crippen LogP contribution in [0.2, 0.25) is 0 Å². The van der Waals surface area contributed by atoms with Crippen LogP contribution in [0, 0.1) is 0 Å². The fraction of sp³-hybridized carbons (Fsp3) is 0.794. The van der Waals surface area contributed by atoms with Crippen molar-refractivity contribution < 1.29 is 42.1 Å². The summed E-state index contributed by atoms with van der Waals surface area (Å²) in [6, 6.07) is 0. The van der Waals surface area contributed by atoms with E-state index in [0.717, 1.165) is 77.0 Å². The summed E-state index contributed by atoms with van der Waals surface area (Å²) in [5.41, 5.74) is 0. The van der Waals surface area contributed by atoms with Crippen LogP contribution in [0.15, 0.2) is 72.9 Å². The average molecular weight is 1110 g/mol. The predicted octanol–water partition coefficient (Wildman–Crippen LogP) is 20.2. The standard InChI is InChI=1S/C68H124NO8P/c1-6-8-10-12-14-16-18-20-22-24-26-28-30-31-32-33-34-35-36-37-39-41-43-45-47-49-51-53-55-57-59-61-68(71)77-66(65-76-78(72,73)75-63-62-69(3,4)5)64-74-67(70)60-58-56-54-52-50-48-46-44-42-40-38-29-27-25-23-21-19-17-15-13-11-9-7-2/h18-21,24-27,30-31,38,40,66H,6-17,22-23,28-29,32-37,39,41-65H2,1-5H3/b20-18-,21-19-,26-24-,27-25-,31-30-,40-38-. The summed E-state index contributed by atoms with van der Waals surface area (Å²) in [5, 5.41) is 0. The first-order valence-corrected chi connectivity index (χ1v) is 34.1. The highest BCUT2D eigenvalue weighted by Crippen LogP contribution is 2.38. The van der Waals surface area contributed by atoms with E-state index < -0.39 is 26.5 Å². The fourth-order valence-electron chi connectivity index (χ4n) is 9.14. The van der Waals surface area contributed by atoms with Crippen LogP contribution in [-0.2, 0) is 32.7 Å². The van der Waals surface area contributed by atoms with E-state index in [1.54, 1.807) is 0 Å². The van der Waals surface area contributed by atoms with Gasteiger partial charge >= 0.3 is 11.9 Å². The Morgan fingerprint density at radius 3 is 1.03 bits per heavy atom. The molecule has 0 radical (unpaired) electrons. The molecule has 0 bridgehead atoms. The highest BCUT2D eigenvalue weighted by atomic mass is 31.2. The number of rotatable bonds is 60. The van der Waals surface area contributed by atoms with Gasteiger partial charge in [0.2, 0.25) is 0 Å². The van der Waals surface area contributed by atoms with Gasteiger partial charge in [-0.15, -0.1) is 0 Å². The number of hydrogen-bond acceptors (Lipinski definition) is 8. The number of esters is 2. The number of unbranched alkanes of at least 4 members (excludes halogenated alkanes) is 34. The molecule has 0 saturated heterocycles. The molecule has 0 heterocycles. The molecular weight excluding hydrogens is 990 g/mol. The minimum Gasteiger partial charge on any atom is -0.756 e. The maximum atomic E-state index is 12.8. The topological polar surface area (TPSA) is 111 Å². The summed E-state index contributed by atoms with van der Waals surface area (Å²) in [5.74, 6) is -0.834. The predicted molar refractivity (Wildman–Crippen MR) is 333 cm³/mol. The molecular formula is C68H124NO8P. The highest BCUT2D eigenvalue weighted by Gasteiger charge is 2.22. The first-order chi connectivity index (χ1) is 38.0. The molecule has 0 spiro atoms. The molecule has 10 heteroatoms. The van der Waals surface area contributed by atoms with Gasteiger partial charge in [0.05, 0.1) is 27.7 Å². The van der Waals surface area contributed by atoms with E-state index in [0.29, 0.717) is 17.4 Å². The normalized spacial score (nSPS) is 13.7. The molecule has 2 unspecified atom stereocenters. The molecule has 0 saturated carbocycles. The molecule has 0 aromatic carbocycles. The number of likely N-dealkylation sites (N-methyl/N-ethyl adjacent to an activating group) is 1. The summed E-state index contributed by atoms with van der Waals surface area (Å²) in [6.07, 6.45) is 78.2. The van der Waals surface area contributed by atoms with E-state index in [-0.39, 0.29) is 32.0 Å². The molecule has 0 amide bonds. The van der Waals surface area contributed by atoms with Crippen molar-refractivity contribution in [2.24, 2.45) is 0 Å². The van der Waals surface area contributed by atoms with Gasteiger partial charge in [-0.3, -0.25) is 14.2 Å². The number of phosphoric acid groups is 1. The molecule has 0 aliphatic carbocycles. The minimum absolute atomic E-state index is 0.0337. The quantitative estimate of drug-likeness (QED) is 0.0195. The van der Waals surface area contributed by atoms with Crippen LogP contribution in [0.4, 0.5) is 0 Å². The first kappa shape index (κ1) is 75.5. The van der Waals surface area contributed by atoms with E-state index in [2.05, 4.69) is 86.8 Å². The zero-order valence-electron chi connectivity index (χ0n) is 51.6. The third-order valence-electron chi connectivity index (χ3n) is 14.2. The molecule has 9 nitrogen and oxygen atoms in total. The molecule has 78 heavy (non-hydrogen) atoms. The molecule has 0 aromatic rings. The van der Waals surface area contributed by atoms with E-state index in [1.165, 1.54) is 186 Å². The number of ether oxygens (including phenoxy) is 2. The van der Waals surface area contributed by atoms with Crippen molar-refractivity contribution in [2.45, 2.75) is 302 Å². The zero-order valence-corrected chi connectivity index (χ0v) is 52.5. The molecule has 2 atom stereocenters. The van der Waals surface area contributed by atoms with Crippen LogP contribution in [-0.4, -0.2) is 70.0 Å². The monoisotopic (exact) mass is 1110 g/mol. The summed E-state index contributed by atoms with van der Waals surface area (Å²) in [7, 11) is 1.16. The van der Waals surface area contributed by atoms with Gasteiger partial charge in [0.1, 0.15) is 19.8 Å². The Labute approximate surface area is 482 Å². The first-order valence-electron chi connectivity index (χ1n) is 32.6. The van der Waals surface area contributed by atoms with E-state index in [4.69, 9.17) is 18.5 Å². The molecule has 0 rings (SSSR count). The summed E-state index contributed by atoms with van der Waals surface area (Å²) < 4.78 is 34.3. The summed E-state index contributed by atoms with van der Waals surface area (Å²) >= 11 is 0. The molecule has 0 aliphatic rings. The van der Waals surface area contributed by atoms with Gasteiger partial charge < -0.3 is 27.9 Å². The fourth-order valence-corrected chi connectivity index (χ4v) is 9.87. The highest BCUT2D eigenvalue weighted by molar-refractivity contribution is 7.45. The second-order valence-corrected chi connectivity index (χ2v) is 24.5. The average Bonchev–Trinajstić information content (AvgIpc) is 3.40. The van der Waals surface area contributed by atoms with Gasteiger partial charge in [-0.2, -0.15) is 0 Å². The van der Waals surface area contributed by atoms with Crippen LogP contribution < -0.4 is 4.89 Å². The van der Waals surface area contributed by atoms with E-state index in [1.807, 2.05) is 21.1 Å². The number of allylic oxidation sites excluding steroid dienone is 12. The van der Waals surface area contributed by atoms with Gasteiger partial charge in [0, 0.05) is 12.8 Å². The third kappa shape index (κ3) is 62.6. The second kappa shape index (κ2) is 59.1. The maximum absolute atomic E-state index is 12.8. The van der Waals surface area contributed by atoms with Gasteiger partial charge in [-0.05, 0) is 89.9 Å². The summed E-state index contributed by atoms with van der Waals surface area (Å²) in [6.45, 7) is 4.24. The lowest BCUT2D eigenvalue weighted by atomic mass is 10.0. The van der Waals surface area contributed by atoms with E-state index >= 15 is 0 Å². The largest absolute Gasteiger partial charge is 0.756 e. The molecule has 0 aromatic heterocycles. The van der Waals surface area contributed by atoms with Crippen molar-refractivity contribution in [3.05, 3.63) is 72.9 Å². The number of nitrogens with zero attached hydrogens (tertiary/aromatic N) is 1. The smallest absolute Gasteiger partial charge is 0.306 e. The number of phosphoric ester groups is 1. The van der Waals surface area contributed by atoms with Crippen LogP contribution in [0.1, 0.15) is 296 Å². The van der Waals surface area contributed by atoms with Gasteiger partial charge in [0.25, 0.3) is 7.82 Å². The second-order valence-electron chi connectivity index (χ2n) is 23.1. The van der Waals surface area contributed by atoms with Crippen molar-refractivity contribution in [3.63, 3.8) is 0 Å². The SMILES string of the molecule is CCCCCCC/C=C\C/C=C\C/C=C\CCCCCCCCCCCCCCCCCCC(=O)OC(COC(=O)CCCCCCCCCC/C=C\C/C=C\C/C=C\CCCCCCC)COP(=O)([O-])OCC[N+](C)(C)C. The Bertz CT molecular complexity index is 1550. The van der Waals surface area contributed by atoms with Crippen molar-refractivity contribution in [1.29, 1.82) is 0 Å². The van der Waals surface area contributed by atoms with Crippen LogP contribution in [0.25, 0.3) is 0 Å². The summed E-state index contributed by atoms with van der Waals surface area (Å²) in [4.78, 5) is 38.0. The zero-order chi connectivity index (χ0) is 57.0. The van der Waals surface area contributed by atoms with Crippen LogP contribution in [0.3, 0.4) is 0 Å². The third-order valence-corrected chi connectivity index (χ3v) is 15.2. The Morgan fingerprint density at radius 2 is 0.692 bits per heavy atom.